The van der Waals surface area contributed by atoms with Gasteiger partial charge in [-0.3, -0.25) is 0 Å². The summed E-state index contributed by atoms with van der Waals surface area (Å²) >= 11 is 3.18. The number of thiophene rings is 1. The highest BCUT2D eigenvalue weighted by Gasteiger charge is 2.13. The lowest BCUT2D eigenvalue weighted by Gasteiger charge is -2.09. The Hall–Kier alpha value is -2.41. The molecule has 6 heteroatoms. The van der Waals surface area contributed by atoms with Gasteiger partial charge in [0.2, 0.25) is 0 Å². The number of rotatable bonds is 6. The van der Waals surface area contributed by atoms with Crippen LogP contribution in [0.1, 0.15) is 12.8 Å². The topological polar surface area (TPSA) is 73.4 Å². The summed E-state index contributed by atoms with van der Waals surface area (Å²) in [5, 5.41) is 21.8. The summed E-state index contributed by atoms with van der Waals surface area (Å²) in [7, 11) is 0. The van der Waals surface area contributed by atoms with E-state index in [4.69, 9.17) is 10.2 Å². The first-order valence-corrected chi connectivity index (χ1v) is 9.38. The van der Waals surface area contributed by atoms with E-state index in [-0.39, 0.29) is 5.92 Å². The lowest BCUT2D eigenvalue weighted by molar-refractivity contribution is 0.685. The van der Waals surface area contributed by atoms with Gasteiger partial charge in [-0.15, -0.1) is 23.1 Å². The van der Waals surface area contributed by atoms with Gasteiger partial charge in [0.25, 0.3) is 0 Å². The largest absolute Gasteiger partial charge is 0.227 e. The summed E-state index contributed by atoms with van der Waals surface area (Å²) in [5.74, 6) is 1.20. The molecule has 0 amide bonds. The van der Waals surface area contributed by atoms with E-state index in [1.165, 1.54) is 0 Å². The quantitative estimate of drug-likeness (QED) is 0.467. The van der Waals surface area contributed by atoms with Crippen molar-refractivity contribution in [2.24, 2.45) is 5.92 Å². The number of fused-ring (bicyclic) bond motifs is 1. The molecule has 0 saturated heterocycles. The van der Waals surface area contributed by atoms with Crippen LogP contribution in [-0.4, -0.2) is 15.7 Å². The minimum atomic E-state index is -0.145. The van der Waals surface area contributed by atoms with Crippen LogP contribution < -0.4 is 0 Å². The summed E-state index contributed by atoms with van der Waals surface area (Å²) in [5.41, 5.74) is 0.906. The molecule has 1 atom stereocenters. The van der Waals surface area contributed by atoms with Gasteiger partial charge in [0.15, 0.2) is 5.82 Å². The lowest BCUT2D eigenvalue weighted by atomic mass is 10.1. The summed E-state index contributed by atoms with van der Waals surface area (Å²) in [6, 6.07) is 16.3. The minimum Gasteiger partial charge on any atom is -0.227 e. The zero-order valence-corrected chi connectivity index (χ0v) is 14.5. The van der Waals surface area contributed by atoms with Gasteiger partial charge in [0.1, 0.15) is 5.03 Å². The second-order valence-corrected chi connectivity index (χ2v) is 7.14. The smallest absolute Gasteiger partial charge is 0.171 e. The number of para-hydroxylation sites is 1. The molecule has 24 heavy (non-hydrogen) atoms. The summed E-state index contributed by atoms with van der Waals surface area (Å²) in [6.07, 6.45) is 1.00. The maximum absolute atomic E-state index is 9.24. The Bertz CT molecular complexity index is 907. The molecule has 0 radical (unpaired) electrons. The molecule has 0 bridgehead atoms. The van der Waals surface area contributed by atoms with Crippen molar-refractivity contribution >= 4 is 34.0 Å². The van der Waals surface area contributed by atoms with Crippen LogP contribution in [0, 0.1) is 28.6 Å². The first kappa shape index (κ1) is 16.4. The van der Waals surface area contributed by atoms with Gasteiger partial charge in [-0.2, -0.15) is 10.5 Å². The highest BCUT2D eigenvalue weighted by Crippen LogP contribution is 2.31. The average molecular weight is 350 g/mol. The third kappa shape index (κ3) is 3.73. The first-order chi connectivity index (χ1) is 11.8. The van der Waals surface area contributed by atoms with E-state index in [2.05, 4.69) is 17.1 Å². The van der Waals surface area contributed by atoms with Crippen LogP contribution in [0.4, 0.5) is 0 Å². The number of thioether (sulfide) groups is 1. The molecule has 4 nitrogen and oxygen atoms in total. The summed E-state index contributed by atoms with van der Waals surface area (Å²) < 4.78 is 0. The molecule has 1 aromatic carbocycles. The van der Waals surface area contributed by atoms with Crippen LogP contribution in [0.5, 0.6) is 0 Å². The Kier molecular flexibility index (Phi) is 5.43. The molecule has 3 rings (SSSR count). The number of hydrogen-bond donors (Lipinski definition) is 0. The van der Waals surface area contributed by atoms with Gasteiger partial charge in [-0.25, -0.2) is 9.97 Å². The van der Waals surface area contributed by atoms with Gasteiger partial charge < -0.3 is 0 Å². The number of benzene rings is 1. The molecule has 0 spiro atoms. The van der Waals surface area contributed by atoms with Crippen molar-refractivity contribution in [3.63, 3.8) is 0 Å². The third-order valence-corrected chi connectivity index (χ3v) is 5.54. The zero-order chi connectivity index (χ0) is 16.8. The average Bonchev–Trinajstić information content (AvgIpc) is 3.16. The number of nitrogens with zero attached hydrogens (tertiary/aromatic N) is 4. The van der Waals surface area contributed by atoms with Gasteiger partial charge in [0.05, 0.1) is 28.5 Å². The number of hydrogen-bond acceptors (Lipinski definition) is 6. The molecule has 0 fully saturated rings. The molecular formula is C18H14N4S2. The van der Waals surface area contributed by atoms with Crippen molar-refractivity contribution in [1.82, 2.24) is 9.97 Å². The Morgan fingerprint density at radius 1 is 1.12 bits per heavy atom. The Balaban J connectivity index is 1.91. The predicted octanol–water partition coefficient (Wildman–Crippen LogP) is 4.89. The third-order valence-electron chi connectivity index (χ3n) is 3.52. The van der Waals surface area contributed by atoms with E-state index in [1.54, 1.807) is 23.1 Å². The van der Waals surface area contributed by atoms with Gasteiger partial charge in [-0.05, 0) is 23.9 Å². The van der Waals surface area contributed by atoms with Crippen molar-refractivity contribution < 1.29 is 0 Å². The monoisotopic (exact) mass is 350 g/mol. The fourth-order valence-electron chi connectivity index (χ4n) is 2.28. The van der Waals surface area contributed by atoms with Crippen LogP contribution in [0.3, 0.4) is 0 Å². The lowest BCUT2D eigenvalue weighted by Crippen LogP contribution is -2.01. The maximum Gasteiger partial charge on any atom is 0.171 e. The SMILES string of the molecule is N#CCC[C@H](C#N)CSc1nc(-c2cccs2)nc2ccccc12. The number of nitriles is 2. The maximum atomic E-state index is 9.24. The van der Waals surface area contributed by atoms with Crippen LogP contribution >= 0.6 is 23.1 Å². The highest BCUT2D eigenvalue weighted by molar-refractivity contribution is 7.99. The fraction of sp³-hybridized carbons (Fsp3) is 0.222. The van der Waals surface area contributed by atoms with Gasteiger partial charge in [-0.1, -0.05) is 24.3 Å². The molecule has 0 aliphatic heterocycles. The molecule has 2 heterocycles. The van der Waals surface area contributed by atoms with E-state index in [1.807, 2.05) is 41.8 Å². The predicted molar refractivity (Wildman–Crippen MR) is 97.5 cm³/mol. The van der Waals surface area contributed by atoms with E-state index in [9.17, 15) is 5.26 Å². The minimum absolute atomic E-state index is 0.145. The normalized spacial score (nSPS) is 11.8. The Morgan fingerprint density at radius 2 is 2.00 bits per heavy atom. The summed E-state index contributed by atoms with van der Waals surface area (Å²) in [4.78, 5) is 10.4. The highest BCUT2D eigenvalue weighted by atomic mass is 32.2. The zero-order valence-electron chi connectivity index (χ0n) is 12.8. The molecule has 0 N–H and O–H groups in total. The Labute approximate surface area is 148 Å². The van der Waals surface area contributed by atoms with Crippen LogP contribution in [0.2, 0.25) is 0 Å². The second kappa shape index (κ2) is 7.92. The van der Waals surface area contributed by atoms with Crippen molar-refractivity contribution in [1.29, 1.82) is 10.5 Å². The number of aromatic nitrogens is 2. The van der Waals surface area contributed by atoms with Crippen molar-refractivity contribution in [2.75, 3.05) is 5.75 Å². The molecule has 2 aromatic heterocycles. The standard InChI is InChI=1S/C18H14N4S2/c19-9-3-5-13(11-20)12-24-18-14-6-1-2-7-15(14)21-17(22-18)16-8-4-10-23-16/h1-2,4,6-8,10,13H,3,5,12H2/t13-/m1/s1. The molecule has 3 aromatic rings. The van der Waals surface area contributed by atoms with Crippen LogP contribution in [0.25, 0.3) is 21.6 Å². The summed E-state index contributed by atoms with van der Waals surface area (Å²) in [6.45, 7) is 0. The second-order valence-electron chi connectivity index (χ2n) is 5.18. The van der Waals surface area contributed by atoms with Crippen LogP contribution in [-0.2, 0) is 0 Å². The Morgan fingerprint density at radius 3 is 2.75 bits per heavy atom. The van der Waals surface area contributed by atoms with Crippen molar-refractivity contribution in [3.05, 3.63) is 41.8 Å². The molecule has 0 aliphatic carbocycles. The molecule has 0 aliphatic rings. The molecule has 0 unspecified atom stereocenters. The van der Waals surface area contributed by atoms with E-state index in [0.29, 0.717) is 18.6 Å². The molecular weight excluding hydrogens is 336 g/mol. The van der Waals surface area contributed by atoms with E-state index in [0.717, 1.165) is 26.6 Å². The molecule has 118 valence electrons. The fourth-order valence-corrected chi connectivity index (χ4v) is 4.01. The van der Waals surface area contributed by atoms with Gasteiger partial charge >= 0.3 is 0 Å². The van der Waals surface area contributed by atoms with E-state index < -0.39 is 0 Å². The van der Waals surface area contributed by atoms with Crippen molar-refractivity contribution in [3.8, 4) is 22.8 Å². The van der Waals surface area contributed by atoms with Gasteiger partial charge in [0, 0.05) is 17.6 Å². The van der Waals surface area contributed by atoms with Crippen LogP contribution in [0.15, 0.2) is 46.8 Å². The van der Waals surface area contributed by atoms with Crippen molar-refractivity contribution in [2.45, 2.75) is 17.9 Å². The first-order valence-electron chi connectivity index (χ1n) is 7.52. The molecule has 0 saturated carbocycles. The van der Waals surface area contributed by atoms with E-state index >= 15 is 0 Å².